The second kappa shape index (κ2) is 9.23. The molecule has 0 unspecified atom stereocenters. The fourth-order valence-corrected chi connectivity index (χ4v) is 4.78. The van der Waals surface area contributed by atoms with Crippen LogP contribution in [0.2, 0.25) is 0 Å². The van der Waals surface area contributed by atoms with Crippen LogP contribution in [0.15, 0.2) is 58.0 Å². The van der Waals surface area contributed by atoms with Crippen LogP contribution in [0.4, 0.5) is 5.13 Å². The number of aromatic nitrogens is 2. The van der Waals surface area contributed by atoms with Crippen molar-refractivity contribution in [3.63, 3.8) is 0 Å². The van der Waals surface area contributed by atoms with Gasteiger partial charge in [0.15, 0.2) is 5.76 Å². The number of benzene rings is 1. The molecule has 0 aliphatic carbocycles. The molecular formula is C20H20N4O3S2. The maximum absolute atomic E-state index is 12.6. The number of carbonyl (C=O) groups is 2. The van der Waals surface area contributed by atoms with E-state index in [1.807, 2.05) is 18.2 Å². The van der Waals surface area contributed by atoms with Gasteiger partial charge < -0.3 is 14.6 Å². The molecule has 0 saturated carbocycles. The summed E-state index contributed by atoms with van der Waals surface area (Å²) in [5.74, 6) is 0.724. The van der Waals surface area contributed by atoms with E-state index in [0.717, 1.165) is 5.01 Å². The van der Waals surface area contributed by atoms with E-state index in [0.29, 0.717) is 42.6 Å². The van der Waals surface area contributed by atoms with Gasteiger partial charge in [0.1, 0.15) is 5.01 Å². The second-order valence-corrected chi connectivity index (χ2v) is 8.75. The summed E-state index contributed by atoms with van der Waals surface area (Å²) < 4.78 is 5.17. The molecule has 7 nitrogen and oxygen atoms in total. The minimum absolute atomic E-state index is 0.0616. The molecule has 2 aromatic heterocycles. The maximum atomic E-state index is 12.6. The molecular weight excluding hydrogens is 408 g/mol. The van der Waals surface area contributed by atoms with Crippen molar-refractivity contribution >= 4 is 40.0 Å². The lowest BCUT2D eigenvalue weighted by molar-refractivity contribution is -0.121. The Balaban J connectivity index is 1.25. The first-order valence-corrected chi connectivity index (χ1v) is 11.1. The molecule has 1 aliphatic rings. The van der Waals surface area contributed by atoms with Gasteiger partial charge in [-0.1, -0.05) is 29.5 Å². The van der Waals surface area contributed by atoms with Crippen LogP contribution in [0.1, 0.15) is 28.4 Å². The molecule has 1 aliphatic heterocycles. The highest BCUT2D eigenvalue weighted by molar-refractivity contribution is 7.98. The van der Waals surface area contributed by atoms with Crippen LogP contribution in [-0.2, 0) is 10.5 Å². The van der Waals surface area contributed by atoms with Crippen LogP contribution in [0.25, 0.3) is 0 Å². The SMILES string of the molecule is O=C(Nc1nnc(CSc2ccccc2)s1)C1CCN(C(=O)c2ccco2)CC1. The largest absolute Gasteiger partial charge is 0.459 e. The molecule has 1 fully saturated rings. The summed E-state index contributed by atoms with van der Waals surface area (Å²) in [5, 5.41) is 12.5. The van der Waals surface area contributed by atoms with Gasteiger partial charge in [-0.2, -0.15) is 0 Å². The van der Waals surface area contributed by atoms with E-state index in [9.17, 15) is 9.59 Å². The molecule has 1 saturated heterocycles. The molecule has 9 heteroatoms. The molecule has 1 aromatic carbocycles. The van der Waals surface area contributed by atoms with E-state index in [4.69, 9.17) is 4.42 Å². The summed E-state index contributed by atoms with van der Waals surface area (Å²) in [6.45, 7) is 1.07. The van der Waals surface area contributed by atoms with Gasteiger partial charge in [-0.15, -0.1) is 22.0 Å². The highest BCUT2D eigenvalue weighted by atomic mass is 32.2. The first-order chi connectivity index (χ1) is 14.2. The van der Waals surface area contributed by atoms with Gasteiger partial charge in [0, 0.05) is 23.9 Å². The number of thioether (sulfide) groups is 1. The molecule has 3 aromatic rings. The van der Waals surface area contributed by atoms with Crippen molar-refractivity contribution in [3.8, 4) is 0 Å². The van der Waals surface area contributed by atoms with E-state index in [-0.39, 0.29) is 17.7 Å². The summed E-state index contributed by atoms with van der Waals surface area (Å²) in [4.78, 5) is 27.8. The minimum Gasteiger partial charge on any atom is -0.459 e. The number of anilines is 1. The van der Waals surface area contributed by atoms with Crippen LogP contribution in [0.3, 0.4) is 0 Å². The van der Waals surface area contributed by atoms with Crippen LogP contribution < -0.4 is 5.32 Å². The molecule has 4 rings (SSSR count). The number of hydrogen-bond donors (Lipinski definition) is 1. The Hall–Kier alpha value is -2.65. The van der Waals surface area contributed by atoms with Gasteiger partial charge >= 0.3 is 0 Å². The standard InChI is InChI=1S/C20H20N4O3S2/c25-18(14-8-10-24(11-9-14)19(26)16-7-4-12-27-16)21-20-23-22-17(29-20)13-28-15-5-2-1-3-6-15/h1-7,12,14H,8-11,13H2,(H,21,23,25). The van der Waals surface area contributed by atoms with Crippen molar-refractivity contribution in [2.45, 2.75) is 23.5 Å². The molecule has 150 valence electrons. The lowest BCUT2D eigenvalue weighted by atomic mass is 9.96. The van der Waals surface area contributed by atoms with Crippen molar-refractivity contribution in [2.75, 3.05) is 18.4 Å². The third kappa shape index (κ3) is 5.04. The number of nitrogens with zero attached hydrogens (tertiary/aromatic N) is 3. The molecule has 3 heterocycles. The van der Waals surface area contributed by atoms with E-state index in [1.54, 1.807) is 28.8 Å². The predicted octanol–water partition coefficient (Wildman–Crippen LogP) is 3.91. The summed E-state index contributed by atoms with van der Waals surface area (Å²) >= 11 is 3.08. The lowest BCUT2D eigenvalue weighted by Crippen LogP contribution is -2.41. The van der Waals surface area contributed by atoms with Gasteiger partial charge in [-0.05, 0) is 37.1 Å². The van der Waals surface area contributed by atoms with Gasteiger partial charge in [-0.3, -0.25) is 9.59 Å². The Morgan fingerprint density at radius 2 is 1.93 bits per heavy atom. The fourth-order valence-electron chi connectivity index (χ4n) is 3.13. The quantitative estimate of drug-likeness (QED) is 0.599. The highest BCUT2D eigenvalue weighted by Gasteiger charge is 2.29. The van der Waals surface area contributed by atoms with E-state index in [2.05, 4.69) is 27.6 Å². The van der Waals surface area contributed by atoms with E-state index < -0.39 is 0 Å². The molecule has 1 N–H and O–H groups in total. The lowest BCUT2D eigenvalue weighted by Gasteiger charge is -2.30. The van der Waals surface area contributed by atoms with Crippen LogP contribution in [0, 0.1) is 5.92 Å². The normalized spacial score (nSPS) is 14.7. The molecule has 0 spiro atoms. The average molecular weight is 429 g/mol. The third-order valence-corrected chi connectivity index (χ3v) is 6.73. The number of likely N-dealkylation sites (tertiary alicyclic amines) is 1. The number of nitrogens with one attached hydrogen (secondary N) is 1. The fraction of sp³-hybridized carbons (Fsp3) is 0.300. The van der Waals surface area contributed by atoms with Crippen molar-refractivity contribution in [2.24, 2.45) is 5.92 Å². The van der Waals surface area contributed by atoms with Crippen LogP contribution in [0.5, 0.6) is 0 Å². The number of furan rings is 1. The third-order valence-electron chi connectivity index (χ3n) is 4.69. The topological polar surface area (TPSA) is 88.3 Å². The van der Waals surface area contributed by atoms with Crippen molar-refractivity contribution in [1.29, 1.82) is 0 Å². The summed E-state index contributed by atoms with van der Waals surface area (Å²) in [6.07, 6.45) is 2.73. The zero-order valence-electron chi connectivity index (χ0n) is 15.6. The van der Waals surface area contributed by atoms with E-state index in [1.165, 1.54) is 22.5 Å². The summed E-state index contributed by atoms with van der Waals surface area (Å²) in [6, 6.07) is 13.4. The maximum Gasteiger partial charge on any atom is 0.289 e. The first kappa shape index (κ1) is 19.7. The average Bonchev–Trinajstić information content (AvgIpc) is 3.45. The molecule has 2 amide bonds. The van der Waals surface area contributed by atoms with Crippen molar-refractivity contribution in [1.82, 2.24) is 15.1 Å². The molecule has 0 radical (unpaired) electrons. The van der Waals surface area contributed by atoms with E-state index >= 15 is 0 Å². The molecule has 0 bridgehead atoms. The zero-order chi connectivity index (χ0) is 20.1. The van der Waals surface area contributed by atoms with Crippen LogP contribution >= 0.6 is 23.1 Å². The number of rotatable bonds is 6. The molecule has 29 heavy (non-hydrogen) atoms. The Morgan fingerprint density at radius 1 is 1.14 bits per heavy atom. The highest BCUT2D eigenvalue weighted by Crippen LogP contribution is 2.27. The first-order valence-electron chi connectivity index (χ1n) is 9.33. The number of hydrogen-bond acceptors (Lipinski definition) is 7. The Bertz CT molecular complexity index is 951. The summed E-state index contributed by atoms with van der Waals surface area (Å²) in [5.41, 5.74) is 0. The van der Waals surface area contributed by atoms with Crippen molar-refractivity contribution in [3.05, 3.63) is 59.5 Å². The Kier molecular flexibility index (Phi) is 6.26. The Labute approximate surface area is 176 Å². The Morgan fingerprint density at radius 3 is 2.66 bits per heavy atom. The summed E-state index contributed by atoms with van der Waals surface area (Å²) in [7, 11) is 0. The molecule has 0 atom stereocenters. The smallest absolute Gasteiger partial charge is 0.289 e. The van der Waals surface area contributed by atoms with Gasteiger partial charge in [0.25, 0.3) is 5.91 Å². The van der Waals surface area contributed by atoms with Crippen LogP contribution in [-0.4, -0.2) is 40.0 Å². The van der Waals surface area contributed by atoms with Crippen molar-refractivity contribution < 1.29 is 14.0 Å². The minimum atomic E-state index is -0.137. The second-order valence-electron chi connectivity index (χ2n) is 6.64. The zero-order valence-corrected chi connectivity index (χ0v) is 17.2. The monoisotopic (exact) mass is 428 g/mol. The van der Waals surface area contributed by atoms with Gasteiger partial charge in [0.05, 0.1) is 12.0 Å². The number of amides is 2. The van der Waals surface area contributed by atoms with Gasteiger partial charge in [-0.25, -0.2) is 0 Å². The van der Waals surface area contributed by atoms with Gasteiger partial charge in [0.2, 0.25) is 11.0 Å². The number of carbonyl (C=O) groups excluding carboxylic acids is 2. The number of piperidine rings is 1. The predicted molar refractivity (Wildman–Crippen MR) is 112 cm³/mol.